The van der Waals surface area contributed by atoms with Crippen LogP contribution in [-0.2, 0) is 6.42 Å². The zero-order valence-corrected chi connectivity index (χ0v) is 20.2. The molecule has 2 aromatic carbocycles. The van der Waals surface area contributed by atoms with Gasteiger partial charge in [-0.1, -0.05) is 11.3 Å². The van der Waals surface area contributed by atoms with Gasteiger partial charge in [0.2, 0.25) is 0 Å². The highest BCUT2D eigenvalue weighted by Crippen LogP contribution is 2.40. The molecule has 1 amide bonds. The zero-order valence-electron chi connectivity index (χ0n) is 18.5. The van der Waals surface area contributed by atoms with Crippen molar-refractivity contribution in [2.45, 2.75) is 29.9 Å². The van der Waals surface area contributed by atoms with Crippen LogP contribution in [0.15, 0.2) is 53.4 Å². The molecule has 0 aliphatic rings. The monoisotopic (exact) mass is 512 g/mol. The molecule has 0 aliphatic heterocycles. The second-order valence-corrected chi connectivity index (χ2v) is 11.0. The van der Waals surface area contributed by atoms with Crippen molar-refractivity contribution < 1.29 is 18.3 Å². The average Bonchev–Trinajstić information content (AvgIpc) is 3.36. The van der Waals surface area contributed by atoms with Gasteiger partial charge >= 0.3 is 6.09 Å². The number of nitrogens with two attached hydrogens (primary N) is 1. The highest BCUT2D eigenvalue weighted by molar-refractivity contribution is 8.00. The van der Waals surface area contributed by atoms with Crippen LogP contribution in [-0.4, -0.2) is 35.6 Å². The molecule has 3 aromatic heterocycles. The predicted molar refractivity (Wildman–Crippen MR) is 130 cm³/mol. The number of thiazole rings is 1. The van der Waals surface area contributed by atoms with Crippen molar-refractivity contribution in [2.75, 3.05) is 0 Å². The summed E-state index contributed by atoms with van der Waals surface area (Å²) >= 11 is 2.45. The second-order valence-electron chi connectivity index (χ2n) is 8.30. The van der Waals surface area contributed by atoms with Gasteiger partial charge in [0, 0.05) is 27.7 Å². The van der Waals surface area contributed by atoms with Crippen molar-refractivity contribution in [2.24, 2.45) is 5.73 Å². The highest BCUT2D eigenvalue weighted by Gasteiger charge is 2.26. The molecule has 2 N–H and O–H groups in total. The quantitative estimate of drug-likeness (QED) is 0.310. The molecule has 0 radical (unpaired) electrons. The standard InChI is InChI=1S/C23H18F2N6O2S2/c1-23(2,35-17-10-18-16(9-14(17)25)27-22(34-18)33-21(26)32)11-20-29-28-19-8-7-15(30-31(19)20)12-3-5-13(24)6-4-12/h3-10H,11H2,1-2H3,(H2,26,32). The van der Waals surface area contributed by atoms with Crippen LogP contribution in [0.2, 0.25) is 0 Å². The molecule has 35 heavy (non-hydrogen) atoms. The highest BCUT2D eigenvalue weighted by atomic mass is 32.2. The maximum absolute atomic E-state index is 14.9. The Morgan fingerprint density at radius 2 is 1.91 bits per heavy atom. The summed E-state index contributed by atoms with van der Waals surface area (Å²) in [6, 6.07) is 12.7. The SMILES string of the molecule is CC(C)(Cc1nnc2ccc(-c3ccc(F)cc3)nn12)Sc1cc2sc(OC(N)=O)nc2cc1F. The minimum absolute atomic E-state index is 0.0614. The van der Waals surface area contributed by atoms with E-state index < -0.39 is 16.7 Å². The number of aromatic nitrogens is 5. The van der Waals surface area contributed by atoms with Gasteiger partial charge < -0.3 is 10.5 Å². The van der Waals surface area contributed by atoms with Gasteiger partial charge in [-0.3, -0.25) is 0 Å². The first-order chi connectivity index (χ1) is 16.7. The summed E-state index contributed by atoms with van der Waals surface area (Å²) in [5.41, 5.74) is 7.41. The fourth-order valence-corrected chi connectivity index (χ4v) is 5.60. The summed E-state index contributed by atoms with van der Waals surface area (Å²) < 4.78 is 34.8. The van der Waals surface area contributed by atoms with Crippen molar-refractivity contribution in [3.63, 3.8) is 0 Å². The lowest BCUT2D eigenvalue weighted by atomic mass is 10.1. The molecule has 12 heteroatoms. The van der Waals surface area contributed by atoms with Crippen LogP contribution in [0.4, 0.5) is 13.6 Å². The first-order valence-electron chi connectivity index (χ1n) is 10.4. The van der Waals surface area contributed by atoms with Gasteiger partial charge in [-0.2, -0.15) is 9.61 Å². The van der Waals surface area contributed by atoms with E-state index in [2.05, 4.69) is 20.3 Å². The second kappa shape index (κ2) is 8.86. The molecule has 0 fully saturated rings. The number of ether oxygens (including phenoxy) is 1. The molecule has 8 nitrogen and oxygen atoms in total. The largest absolute Gasteiger partial charge is 0.411 e. The van der Waals surface area contributed by atoms with E-state index in [-0.39, 0.29) is 11.0 Å². The van der Waals surface area contributed by atoms with Crippen LogP contribution in [0.1, 0.15) is 19.7 Å². The Morgan fingerprint density at radius 3 is 2.66 bits per heavy atom. The van der Waals surface area contributed by atoms with E-state index in [0.717, 1.165) is 16.9 Å². The molecule has 0 saturated heterocycles. The number of nitrogens with zero attached hydrogens (tertiary/aromatic N) is 5. The Kier molecular flexibility index (Phi) is 5.85. The molecule has 0 unspecified atom stereocenters. The predicted octanol–water partition coefficient (Wildman–Crippen LogP) is 5.25. The minimum Gasteiger partial charge on any atom is -0.381 e. The van der Waals surface area contributed by atoms with Crippen LogP contribution >= 0.6 is 23.1 Å². The smallest absolute Gasteiger partial charge is 0.381 e. The van der Waals surface area contributed by atoms with Crippen molar-refractivity contribution in [1.82, 2.24) is 24.8 Å². The van der Waals surface area contributed by atoms with Gasteiger partial charge in [0.1, 0.15) is 11.6 Å². The van der Waals surface area contributed by atoms with E-state index in [9.17, 15) is 13.6 Å². The number of thioether (sulfide) groups is 1. The van der Waals surface area contributed by atoms with Crippen LogP contribution in [0, 0.1) is 11.6 Å². The average molecular weight is 513 g/mol. The molecule has 5 aromatic rings. The van der Waals surface area contributed by atoms with Crippen molar-refractivity contribution in [1.29, 1.82) is 0 Å². The van der Waals surface area contributed by atoms with Crippen LogP contribution < -0.4 is 10.5 Å². The Labute approximate surface area is 206 Å². The van der Waals surface area contributed by atoms with Gasteiger partial charge in [-0.15, -0.1) is 22.0 Å². The summed E-state index contributed by atoms with van der Waals surface area (Å²) in [6.07, 6.45) is -0.536. The normalized spacial score (nSPS) is 11.9. The molecule has 0 bridgehead atoms. The number of fused-ring (bicyclic) bond motifs is 2. The fourth-order valence-electron chi connectivity index (χ4n) is 3.55. The molecule has 0 spiro atoms. The van der Waals surface area contributed by atoms with Gasteiger partial charge in [0.05, 0.1) is 15.9 Å². The maximum Gasteiger partial charge on any atom is 0.411 e. The third kappa shape index (κ3) is 4.93. The molecule has 3 heterocycles. The summed E-state index contributed by atoms with van der Waals surface area (Å²) in [6.45, 7) is 3.95. The molecular weight excluding hydrogens is 494 g/mol. The number of benzene rings is 2. The molecule has 0 saturated carbocycles. The van der Waals surface area contributed by atoms with E-state index in [1.807, 2.05) is 13.8 Å². The Hall–Kier alpha value is -3.64. The van der Waals surface area contributed by atoms with E-state index >= 15 is 0 Å². The molecular formula is C23H18F2N6O2S2. The number of amides is 1. The van der Waals surface area contributed by atoms with E-state index in [1.54, 1.807) is 34.8 Å². The summed E-state index contributed by atoms with van der Waals surface area (Å²) in [5.74, 6) is -0.147. The zero-order chi connectivity index (χ0) is 24.7. The number of rotatable bonds is 6. The first kappa shape index (κ1) is 23.1. The van der Waals surface area contributed by atoms with Crippen molar-refractivity contribution in [3.8, 4) is 16.5 Å². The number of halogens is 2. The maximum atomic E-state index is 14.9. The number of primary amides is 1. The lowest BCUT2D eigenvalue weighted by Crippen LogP contribution is -2.21. The van der Waals surface area contributed by atoms with Gasteiger partial charge in [-0.05, 0) is 56.3 Å². The van der Waals surface area contributed by atoms with Crippen molar-refractivity contribution >= 4 is 45.1 Å². The van der Waals surface area contributed by atoms with E-state index in [4.69, 9.17) is 10.5 Å². The lowest BCUT2D eigenvalue weighted by Gasteiger charge is -2.23. The topological polar surface area (TPSA) is 108 Å². The molecule has 5 rings (SSSR count). The Morgan fingerprint density at radius 1 is 1.14 bits per heavy atom. The summed E-state index contributed by atoms with van der Waals surface area (Å²) in [5, 5.41) is 13.2. The molecule has 178 valence electrons. The van der Waals surface area contributed by atoms with Crippen LogP contribution in [0.3, 0.4) is 0 Å². The third-order valence-corrected chi connectivity index (χ3v) is 7.17. The lowest BCUT2D eigenvalue weighted by molar-refractivity contribution is 0.211. The van der Waals surface area contributed by atoms with Crippen LogP contribution in [0.25, 0.3) is 27.1 Å². The summed E-state index contributed by atoms with van der Waals surface area (Å²) in [4.78, 5) is 15.5. The van der Waals surface area contributed by atoms with Gasteiger partial charge in [-0.25, -0.2) is 18.6 Å². The van der Waals surface area contributed by atoms with Gasteiger partial charge in [0.15, 0.2) is 11.5 Å². The first-order valence-corrected chi connectivity index (χ1v) is 12.0. The third-order valence-electron chi connectivity index (χ3n) is 5.05. The Bertz CT molecular complexity index is 1570. The van der Waals surface area contributed by atoms with E-state index in [1.165, 1.54) is 30.0 Å². The van der Waals surface area contributed by atoms with Crippen LogP contribution in [0.5, 0.6) is 5.19 Å². The fraction of sp³-hybridized carbons (Fsp3) is 0.174. The van der Waals surface area contributed by atoms with Gasteiger partial charge in [0.25, 0.3) is 5.19 Å². The molecule has 0 aliphatic carbocycles. The van der Waals surface area contributed by atoms with Crippen molar-refractivity contribution in [3.05, 3.63) is 66.0 Å². The number of hydrogen-bond acceptors (Lipinski definition) is 8. The molecule has 0 atom stereocenters. The van der Waals surface area contributed by atoms with E-state index in [0.29, 0.717) is 38.7 Å². The Balaban J connectivity index is 1.41. The number of carbonyl (C=O) groups is 1. The number of carbonyl (C=O) groups excluding carboxylic acids is 1. The summed E-state index contributed by atoms with van der Waals surface area (Å²) in [7, 11) is 0. The number of hydrogen-bond donors (Lipinski definition) is 1. The minimum atomic E-state index is -0.975.